The quantitative estimate of drug-likeness (QED) is 0.747. The van der Waals surface area contributed by atoms with Crippen LogP contribution in [0.5, 0.6) is 0 Å². The van der Waals surface area contributed by atoms with Crippen molar-refractivity contribution in [1.29, 1.82) is 0 Å². The van der Waals surface area contributed by atoms with E-state index in [-0.39, 0.29) is 16.9 Å². The second-order valence-corrected chi connectivity index (χ2v) is 5.79. The summed E-state index contributed by atoms with van der Waals surface area (Å²) in [5.41, 5.74) is 0.178. The zero-order valence-electron chi connectivity index (χ0n) is 11.4. The third kappa shape index (κ3) is 2.35. The number of carboxylic acids is 1. The van der Waals surface area contributed by atoms with Gasteiger partial charge >= 0.3 is 0 Å². The molecule has 2 aliphatic rings. The van der Waals surface area contributed by atoms with Crippen molar-refractivity contribution in [2.45, 2.75) is 39.2 Å². The number of carboxylic acid groups (broad SMARTS) is 1. The van der Waals surface area contributed by atoms with Crippen LogP contribution in [0.2, 0.25) is 0 Å². The zero-order valence-corrected chi connectivity index (χ0v) is 11.4. The highest BCUT2D eigenvalue weighted by Gasteiger charge is 2.45. The Hall–Kier alpha value is -1.84. The molecule has 19 heavy (non-hydrogen) atoms. The van der Waals surface area contributed by atoms with Crippen LogP contribution in [-0.4, -0.2) is 17.3 Å². The third-order valence-electron chi connectivity index (χ3n) is 3.66. The first-order valence-corrected chi connectivity index (χ1v) is 6.45. The van der Waals surface area contributed by atoms with E-state index in [0.717, 1.165) is 0 Å². The average molecular weight is 260 g/mol. The summed E-state index contributed by atoms with van der Waals surface area (Å²) >= 11 is 0. The van der Waals surface area contributed by atoms with Gasteiger partial charge in [-0.3, -0.25) is 4.79 Å². The first kappa shape index (κ1) is 13.6. The molecule has 2 rings (SSSR count). The fraction of sp³-hybridized carbons (Fsp3) is 0.467. The number of carbonyl (C=O) groups is 2. The maximum Gasteiger partial charge on any atom is 0.178 e. The van der Waals surface area contributed by atoms with Gasteiger partial charge in [0, 0.05) is 16.7 Å². The predicted molar refractivity (Wildman–Crippen MR) is 69.9 cm³/mol. The number of allylic oxidation sites excluding steroid dienone is 3. The standard InChI is InChI=1S/C15H19NO3/c1-4-11(13(18)19)12-15(9-14(2,3)16-12)7-5-10(17)6-8-15/h5-8,16H,4,9H2,1-3H3,(H,18,19)/p-1. The van der Waals surface area contributed by atoms with Crippen molar-refractivity contribution in [3.63, 3.8) is 0 Å². The minimum atomic E-state index is -1.15. The van der Waals surface area contributed by atoms with Crippen molar-refractivity contribution < 1.29 is 14.7 Å². The molecule has 0 aromatic carbocycles. The number of nitrogens with one attached hydrogen (secondary N) is 1. The minimum Gasteiger partial charge on any atom is -0.545 e. The molecule has 0 atom stereocenters. The molecule has 0 bridgehead atoms. The molecule has 102 valence electrons. The van der Waals surface area contributed by atoms with Crippen LogP contribution in [0.15, 0.2) is 35.6 Å². The Labute approximate surface area is 112 Å². The van der Waals surface area contributed by atoms with E-state index in [2.05, 4.69) is 5.32 Å². The molecule has 0 radical (unpaired) electrons. The molecule has 1 spiro atoms. The fourth-order valence-electron chi connectivity index (χ4n) is 2.96. The number of carbonyl (C=O) groups excluding carboxylic acids is 2. The Morgan fingerprint density at radius 2 is 1.95 bits per heavy atom. The summed E-state index contributed by atoms with van der Waals surface area (Å²) in [4.78, 5) is 22.6. The summed E-state index contributed by atoms with van der Waals surface area (Å²) in [6.45, 7) is 5.82. The largest absolute Gasteiger partial charge is 0.545 e. The highest BCUT2D eigenvalue weighted by molar-refractivity contribution is 6.00. The van der Waals surface area contributed by atoms with Gasteiger partial charge in [-0.2, -0.15) is 0 Å². The minimum absolute atomic E-state index is 0.0684. The van der Waals surface area contributed by atoms with Crippen molar-refractivity contribution in [2.24, 2.45) is 5.41 Å². The van der Waals surface area contributed by atoms with Crippen molar-refractivity contribution in [3.05, 3.63) is 35.6 Å². The Morgan fingerprint density at radius 1 is 1.37 bits per heavy atom. The number of hydrogen-bond acceptors (Lipinski definition) is 4. The van der Waals surface area contributed by atoms with E-state index in [1.807, 2.05) is 13.8 Å². The Morgan fingerprint density at radius 3 is 2.42 bits per heavy atom. The fourth-order valence-corrected chi connectivity index (χ4v) is 2.96. The molecule has 1 N–H and O–H groups in total. The number of rotatable bonds is 2. The van der Waals surface area contributed by atoms with Gasteiger partial charge in [0.25, 0.3) is 0 Å². The number of aliphatic carboxylic acids is 1. The van der Waals surface area contributed by atoms with Gasteiger partial charge in [0.1, 0.15) is 0 Å². The van der Waals surface area contributed by atoms with Crippen molar-refractivity contribution in [1.82, 2.24) is 5.32 Å². The smallest absolute Gasteiger partial charge is 0.178 e. The molecule has 1 aliphatic heterocycles. The van der Waals surface area contributed by atoms with E-state index >= 15 is 0 Å². The lowest BCUT2D eigenvalue weighted by Gasteiger charge is -2.27. The van der Waals surface area contributed by atoms with Crippen LogP contribution < -0.4 is 10.4 Å². The van der Waals surface area contributed by atoms with Gasteiger partial charge in [-0.05, 0) is 44.4 Å². The van der Waals surface area contributed by atoms with E-state index < -0.39 is 11.4 Å². The highest BCUT2D eigenvalue weighted by atomic mass is 16.4. The number of ketones is 1. The van der Waals surface area contributed by atoms with Gasteiger partial charge in [0.05, 0.1) is 5.97 Å². The molecular formula is C15H18NO3-. The van der Waals surface area contributed by atoms with Gasteiger partial charge in [-0.15, -0.1) is 0 Å². The molecule has 1 fully saturated rings. The molecule has 0 saturated carbocycles. The number of hydrogen-bond donors (Lipinski definition) is 1. The van der Waals surface area contributed by atoms with Crippen molar-refractivity contribution in [2.75, 3.05) is 0 Å². The SMILES string of the molecule is CCC(C(=O)[O-])=C1NC(C)(C)CC12C=CC(=O)C=C2. The summed E-state index contributed by atoms with van der Waals surface area (Å²) in [5.74, 6) is -1.22. The van der Waals surface area contributed by atoms with Crippen LogP contribution in [-0.2, 0) is 9.59 Å². The van der Waals surface area contributed by atoms with Crippen LogP contribution in [0, 0.1) is 5.41 Å². The molecule has 0 aromatic rings. The molecular weight excluding hydrogens is 242 g/mol. The highest BCUT2D eigenvalue weighted by Crippen LogP contribution is 2.47. The Kier molecular flexibility index (Phi) is 3.12. The van der Waals surface area contributed by atoms with Crippen LogP contribution >= 0.6 is 0 Å². The summed E-state index contributed by atoms with van der Waals surface area (Å²) in [6, 6.07) is 0. The second-order valence-electron chi connectivity index (χ2n) is 5.79. The van der Waals surface area contributed by atoms with E-state index in [0.29, 0.717) is 18.5 Å². The van der Waals surface area contributed by atoms with Crippen LogP contribution in [0.25, 0.3) is 0 Å². The van der Waals surface area contributed by atoms with Gasteiger partial charge in [-0.25, -0.2) is 0 Å². The van der Waals surface area contributed by atoms with E-state index in [1.165, 1.54) is 12.2 Å². The molecule has 0 aromatic heterocycles. The lowest BCUT2D eigenvalue weighted by atomic mass is 9.75. The third-order valence-corrected chi connectivity index (χ3v) is 3.66. The maximum absolute atomic E-state index is 11.3. The van der Waals surface area contributed by atoms with E-state index in [4.69, 9.17) is 0 Å². The normalized spacial score (nSPS) is 25.5. The Balaban J connectivity index is 2.58. The molecule has 4 heteroatoms. The molecule has 4 nitrogen and oxygen atoms in total. The van der Waals surface area contributed by atoms with Gasteiger partial charge in [0.2, 0.25) is 0 Å². The lowest BCUT2D eigenvalue weighted by molar-refractivity contribution is -0.299. The molecule has 1 heterocycles. The van der Waals surface area contributed by atoms with Crippen LogP contribution in [0.4, 0.5) is 0 Å². The summed E-state index contributed by atoms with van der Waals surface area (Å²) in [7, 11) is 0. The average Bonchev–Trinajstić information content (AvgIpc) is 2.56. The monoisotopic (exact) mass is 260 g/mol. The van der Waals surface area contributed by atoms with Crippen LogP contribution in [0.1, 0.15) is 33.6 Å². The predicted octanol–water partition coefficient (Wildman–Crippen LogP) is 0.854. The van der Waals surface area contributed by atoms with Crippen molar-refractivity contribution in [3.8, 4) is 0 Å². The summed E-state index contributed by atoms with van der Waals surface area (Å²) < 4.78 is 0. The molecule has 0 amide bonds. The van der Waals surface area contributed by atoms with Crippen LogP contribution in [0.3, 0.4) is 0 Å². The maximum atomic E-state index is 11.3. The Bertz CT molecular complexity index is 508. The van der Waals surface area contributed by atoms with E-state index in [1.54, 1.807) is 19.1 Å². The first-order valence-electron chi connectivity index (χ1n) is 6.45. The molecule has 0 unspecified atom stereocenters. The molecule has 1 aliphatic carbocycles. The first-order chi connectivity index (χ1) is 8.80. The van der Waals surface area contributed by atoms with Gasteiger partial charge < -0.3 is 15.2 Å². The summed E-state index contributed by atoms with van der Waals surface area (Å²) in [6.07, 6.45) is 7.71. The van der Waals surface area contributed by atoms with Gasteiger partial charge in [0.15, 0.2) is 5.78 Å². The topological polar surface area (TPSA) is 69.2 Å². The second kappa shape index (κ2) is 4.37. The molecule has 1 saturated heterocycles. The van der Waals surface area contributed by atoms with Crippen molar-refractivity contribution >= 4 is 11.8 Å². The summed E-state index contributed by atoms with van der Waals surface area (Å²) in [5, 5.41) is 14.6. The van der Waals surface area contributed by atoms with E-state index in [9.17, 15) is 14.7 Å². The zero-order chi connectivity index (χ0) is 14.3. The lowest BCUT2D eigenvalue weighted by Crippen LogP contribution is -2.34. The van der Waals surface area contributed by atoms with Gasteiger partial charge in [-0.1, -0.05) is 19.1 Å².